The molecule has 0 saturated carbocycles. The van der Waals surface area contributed by atoms with Gasteiger partial charge in [-0.15, -0.1) is 0 Å². The Morgan fingerprint density at radius 3 is 2.60 bits per heavy atom. The SMILES string of the molecule is O=C(O)C1=C(Cl)CS[C@H]2C(NC(=O)C([AsH2])c3ccc(O)cc3)C(=O)N12. The topological polar surface area (TPSA) is 107 Å². The fourth-order valence-electron chi connectivity index (χ4n) is 2.66. The van der Waals surface area contributed by atoms with Gasteiger partial charge in [0.1, 0.15) is 0 Å². The van der Waals surface area contributed by atoms with Gasteiger partial charge in [0.05, 0.1) is 0 Å². The number of carboxylic acids is 1. The quantitative estimate of drug-likeness (QED) is 0.446. The minimum atomic E-state index is -1.26. The van der Waals surface area contributed by atoms with Gasteiger partial charge in [-0.1, -0.05) is 0 Å². The summed E-state index contributed by atoms with van der Waals surface area (Å²) in [5.41, 5.74) is 0.515. The molecule has 3 N–H and O–H groups in total. The number of benzene rings is 1. The molecule has 10 heteroatoms. The van der Waals surface area contributed by atoms with Crippen LogP contribution in [0.25, 0.3) is 0 Å². The summed E-state index contributed by atoms with van der Waals surface area (Å²) in [5, 5.41) is 20.9. The molecule has 1 fully saturated rings. The first-order chi connectivity index (χ1) is 11.8. The van der Waals surface area contributed by atoms with Gasteiger partial charge in [0.15, 0.2) is 0 Å². The number of nitrogens with zero attached hydrogens (tertiary/aromatic N) is 1. The van der Waals surface area contributed by atoms with Crippen molar-refractivity contribution in [3.63, 3.8) is 0 Å². The van der Waals surface area contributed by atoms with Crippen LogP contribution >= 0.6 is 23.4 Å². The number of aromatic hydroxyl groups is 1. The number of carbonyl (C=O) groups excluding carboxylic acids is 2. The van der Waals surface area contributed by atoms with Crippen LogP contribution in [0.2, 0.25) is 0 Å². The second-order valence-electron chi connectivity index (χ2n) is 5.52. The molecule has 0 radical (unpaired) electrons. The van der Waals surface area contributed by atoms with Crippen LogP contribution in [0.3, 0.4) is 0 Å². The standard InChI is InChI=1S/C15H14AsClN2O5S/c16-9(6-1-3-7(20)4-2-6)12(21)18-10-13(22)19-11(15(23)24)8(17)5-25-14(10)19/h1-4,9-10,14,20H,5,16H2,(H,18,21)(H,23,24)/t9?,10?,14-/m0/s1. The van der Waals surface area contributed by atoms with Crippen molar-refractivity contribution in [2.24, 2.45) is 0 Å². The normalized spacial score (nSPS) is 23.6. The molecule has 2 aliphatic rings. The zero-order valence-electron chi connectivity index (χ0n) is 12.7. The Morgan fingerprint density at radius 2 is 2.00 bits per heavy atom. The number of hydrogen-bond donors (Lipinski definition) is 3. The number of hydrogen-bond acceptors (Lipinski definition) is 5. The van der Waals surface area contributed by atoms with E-state index in [9.17, 15) is 24.6 Å². The van der Waals surface area contributed by atoms with E-state index in [4.69, 9.17) is 11.6 Å². The maximum atomic E-state index is 12.4. The monoisotopic (exact) mass is 444 g/mol. The van der Waals surface area contributed by atoms with Crippen LogP contribution in [0.15, 0.2) is 35.0 Å². The molecule has 2 aliphatic heterocycles. The minimum absolute atomic E-state index is 0.108. The molecule has 25 heavy (non-hydrogen) atoms. The van der Waals surface area contributed by atoms with Gasteiger partial charge < -0.3 is 0 Å². The second kappa shape index (κ2) is 6.94. The van der Waals surface area contributed by atoms with Crippen LogP contribution in [-0.2, 0) is 14.4 Å². The van der Waals surface area contributed by atoms with E-state index in [1.54, 1.807) is 12.1 Å². The Balaban J connectivity index is 1.71. The zero-order valence-corrected chi connectivity index (χ0v) is 16.7. The molecule has 2 heterocycles. The molecule has 0 aliphatic carbocycles. The molecule has 3 unspecified atom stereocenters. The zero-order chi connectivity index (χ0) is 18.3. The molecule has 0 bridgehead atoms. The van der Waals surface area contributed by atoms with E-state index in [-0.39, 0.29) is 28.1 Å². The molecule has 2 amide bonds. The van der Waals surface area contributed by atoms with Crippen LogP contribution in [0.1, 0.15) is 10.3 Å². The molecular formula is C15H14AsClN2O5S. The molecule has 1 saturated heterocycles. The molecule has 3 rings (SSSR count). The van der Waals surface area contributed by atoms with Gasteiger partial charge in [-0.2, -0.15) is 0 Å². The number of rotatable bonds is 4. The van der Waals surface area contributed by atoms with Crippen LogP contribution in [0.4, 0.5) is 0 Å². The molecule has 1 aromatic rings. The van der Waals surface area contributed by atoms with Gasteiger partial charge in [0.2, 0.25) is 0 Å². The van der Waals surface area contributed by atoms with E-state index in [0.717, 1.165) is 10.5 Å². The summed E-state index contributed by atoms with van der Waals surface area (Å²) in [4.78, 5) is 37.2. The fourth-order valence-corrected chi connectivity index (χ4v) is 4.88. The van der Waals surface area contributed by atoms with Gasteiger partial charge in [-0.3, -0.25) is 0 Å². The van der Waals surface area contributed by atoms with E-state index in [1.165, 1.54) is 40.7 Å². The number of phenols is 1. The molecular weight excluding hydrogens is 431 g/mol. The van der Waals surface area contributed by atoms with Crippen LogP contribution in [0.5, 0.6) is 5.75 Å². The Bertz CT molecular complexity index is 785. The van der Waals surface area contributed by atoms with Crippen molar-refractivity contribution in [3.05, 3.63) is 40.6 Å². The van der Waals surface area contributed by atoms with Crippen molar-refractivity contribution in [2.45, 2.75) is 16.1 Å². The predicted molar refractivity (Wildman–Crippen MR) is 94.9 cm³/mol. The summed E-state index contributed by atoms with van der Waals surface area (Å²) < 4.78 is -0.457. The predicted octanol–water partition coefficient (Wildman–Crippen LogP) is 0.00130. The average molecular weight is 445 g/mol. The van der Waals surface area contributed by atoms with Gasteiger partial charge in [0, 0.05) is 0 Å². The van der Waals surface area contributed by atoms with E-state index in [2.05, 4.69) is 5.32 Å². The first kappa shape index (κ1) is 18.2. The van der Waals surface area contributed by atoms with Crippen molar-refractivity contribution in [3.8, 4) is 5.75 Å². The van der Waals surface area contributed by atoms with Crippen LogP contribution < -0.4 is 5.32 Å². The maximum absolute atomic E-state index is 12.4. The van der Waals surface area contributed by atoms with Crippen LogP contribution in [0, 0.1) is 0 Å². The number of β-lactam (4-membered cyclic amide) rings is 1. The number of halogens is 1. The number of carboxylic acid groups (broad SMARTS) is 1. The van der Waals surface area contributed by atoms with E-state index < -0.39 is 28.0 Å². The number of carbonyl (C=O) groups is 3. The summed E-state index contributed by atoms with van der Waals surface area (Å²) in [7, 11) is 0. The number of fused-ring (bicyclic) bond motifs is 1. The molecule has 1 aromatic carbocycles. The van der Waals surface area contributed by atoms with Crippen molar-refractivity contribution in [1.29, 1.82) is 0 Å². The number of thioether (sulfide) groups is 1. The molecule has 0 aromatic heterocycles. The van der Waals surface area contributed by atoms with Crippen molar-refractivity contribution >= 4 is 58.0 Å². The third kappa shape index (κ3) is 3.26. The number of nitrogens with one attached hydrogen (secondary N) is 1. The summed E-state index contributed by atoms with van der Waals surface area (Å²) in [5.74, 6) is -1.67. The Kier molecular flexibility index (Phi) is 5.04. The number of aliphatic carboxylic acids is 1. The first-order valence-electron chi connectivity index (χ1n) is 7.22. The third-order valence-electron chi connectivity index (χ3n) is 3.96. The molecule has 4 atom stereocenters. The molecule has 0 spiro atoms. The van der Waals surface area contributed by atoms with Crippen molar-refractivity contribution < 1.29 is 24.6 Å². The fraction of sp³-hybridized carbons (Fsp3) is 0.267. The summed E-state index contributed by atoms with van der Waals surface area (Å²) >= 11 is 8.39. The van der Waals surface area contributed by atoms with Gasteiger partial charge in [-0.05, 0) is 0 Å². The number of amides is 2. The van der Waals surface area contributed by atoms with E-state index in [0.29, 0.717) is 0 Å². The third-order valence-corrected chi connectivity index (χ3v) is 7.15. The van der Waals surface area contributed by atoms with E-state index in [1.807, 2.05) is 0 Å². The van der Waals surface area contributed by atoms with Gasteiger partial charge in [0.25, 0.3) is 0 Å². The molecule has 132 valence electrons. The Hall–Kier alpha value is -1.63. The van der Waals surface area contributed by atoms with Gasteiger partial charge in [-0.25, -0.2) is 0 Å². The first-order valence-corrected chi connectivity index (χ1v) is 10.1. The Morgan fingerprint density at radius 1 is 1.36 bits per heavy atom. The number of phenolic OH excluding ortho intramolecular Hbond substituents is 1. The van der Waals surface area contributed by atoms with Crippen molar-refractivity contribution in [2.75, 3.05) is 5.75 Å². The summed E-state index contributed by atoms with van der Waals surface area (Å²) in [6.45, 7) is 0. The molecule has 7 nitrogen and oxygen atoms in total. The average Bonchev–Trinajstić information content (AvgIpc) is 2.58. The second-order valence-corrected chi connectivity index (χ2v) is 8.48. The van der Waals surface area contributed by atoms with Crippen molar-refractivity contribution in [1.82, 2.24) is 10.2 Å². The van der Waals surface area contributed by atoms with E-state index >= 15 is 0 Å². The summed E-state index contributed by atoms with van der Waals surface area (Å²) in [6, 6.07) is 5.52. The summed E-state index contributed by atoms with van der Waals surface area (Å²) in [6.07, 6.45) is 0. The Labute approximate surface area is 160 Å². The van der Waals surface area contributed by atoms with Gasteiger partial charge >= 0.3 is 161 Å². The van der Waals surface area contributed by atoms with Crippen LogP contribution in [-0.4, -0.2) is 66.9 Å².